The topological polar surface area (TPSA) is 67.8 Å². The lowest BCUT2D eigenvalue weighted by Crippen LogP contribution is -2.37. The van der Waals surface area contributed by atoms with Gasteiger partial charge in [-0.25, -0.2) is 0 Å². The summed E-state index contributed by atoms with van der Waals surface area (Å²) in [4.78, 5) is 8.59. The number of halogens is 1. The highest BCUT2D eigenvalue weighted by atomic mass is 127. The van der Waals surface area contributed by atoms with Crippen molar-refractivity contribution in [3.05, 3.63) is 59.9 Å². The third-order valence-electron chi connectivity index (χ3n) is 5.21. The van der Waals surface area contributed by atoms with E-state index in [1.54, 1.807) is 13.2 Å². The Labute approximate surface area is 203 Å². The molecule has 6 nitrogen and oxygen atoms in total. The molecule has 0 atom stereocenters. The first kappa shape index (κ1) is 25.4. The standard InChI is InChI=1S/C24H34N4O2.HI/c1-25-24(27-15-8-16-29-22-11-3-2-4-12-22)28-18-20-9-7-13-23(17-20)30-19-21-10-5-6-14-26-21;/h5-7,9-10,13-14,17,22H,2-4,8,11-12,15-16,18-19H2,1H3,(H2,25,27,28);1H. The van der Waals surface area contributed by atoms with Crippen LogP contribution in [0.4, 0.5) is 0 Å². The highest BCUT2D eigenvalue weighted by Gasteiger charge is 2.13. The van der Waals surface area contributed by atoms with Crippen molar-refractivity contribution in [2.75, 3.05) is 20.2 Å². The quantitative estimate of drug-likeness (QED) is 0.199. The fraction of sp³-hybridized carbons (Fsp3) is 0.500. The Kier molecular flexibility index (Phi) is 12.3. The molecule has 0 bridgehead atoms. The van der Waals surface area contributed by atoms with E-state index in [0.29, 0.717) is 19.3 Å². The maximum atomic E-state index is 5.98. The number of hydrogen-bond donors (Lipinski definition) is 2. The van der Waals surface area contributed by atoms with Crippen LogP contribution in [-0.2, 0) is 17.9 Å². The van der Waals surface area contributed by atoms with Crippen molar-refractivity contribution in [3.8, 4) is 5.75 Å². The monoisotopic (exact) mass is 538 g/mol. The first-order valence-electron chi connectivity index (χ1n) is 11.0. The Balaban J connectivity index is 0.00000341. The van der Waals surface area contributed by atoms with Crippen LogP contribution in [0.5, 0.6) is 5.75 Å². The minimum atomic E-state index is 0. The number of nitrogens with zero attached hydrogens (tertiary/aromatic N) is 2. The number of benzene rings is 1. The first-order chi connectivity index (χ1) is 14.8. The van der Waals surface area contributed by atoms with Gasteiger partial charge in [0.05, 0.1) is 11.8 Å². The highest BCUT2D eigenvalue weighted by Crippen LogP contribution is 2.20. The fourth-order valence-electron chi connectivity index (χ4n) is 3.55. The molecule has 0 radical (unpaired) electrons. The fourth-order valence-corrected chi connectivity index (χ4v) is 3.55. The zero-order chi connectivity index (χ0) is 20.9. The second-order valence-electron chi connectivity index (χ2n) is 7.59. The molecule has 3 rings (SSSR count). The number of aliphatic imine (C=N–C) groups is 1. The lowest BCUT2D eigenvalue weighted by atomic mass is 9.98. The summed E-state index contributed by atoms with van der Waals surface area (Å²) in [7, 11) is 1.79. The maximum absolute atomic E-state index is 5.98. The van der Waals surface area contributed by atoms with E-state index in [4.69, 9.17) is 9.47 Å². The van der Waals surface area contributed by atoms with E-state index < -0.39 is 0 Å². The maximum Gasteiger partial charge on any atom is 0.191 e. The van der Waals surface area contributed by atoms with Crippen LogP contribution < -0.4 is 15.4 Å². The van der Waals surface area contributed by atoms with Crippen LogP contribution in [0, 0.1) is 0 Å². The van der Waals surface area contributed by atoms with Crippen LogP contribution in [0.1, 0.15) is 49.8 Å². The third-order valence-corrected chi connectivity index (χ3v) is 5.21. The van der Waals surface area contributed by atoms with Crippen molar-refractivity contribution >= 4 is 29.9 Å². The van der Waals surface area contributed by atoms with Crippen LogP contribution >= 0.6 is 24.0 Å². The smallest absolute Gasteiger partial charge is 0.191 e. The molecule has 0 unspecified atom stereocenters. The minimum absolute atomic E-state index is 0. The van der Waals surface area contributed by atoms with Crippen molar-refractivity contribution in [2.45, 2.75) is 57.8 Å². The summed E-state index contributed by atoms with van der Waals surface area (Å²) in [5.41, 5.74) is 2.05. The van der Waals surface area contributed by atoms with Crippen molar-refractivity contribution in [1.29, 1.82) is 0 Å². The van der Waals surface area contributed by atoms with Crippen LogP contribution in [-0.4, -0.2) is 37.2 Å². The minimum Gasteiger partial charge on any atom is -0.487 e. The van der Waals surface area contributed by atoms with Gasteiger partial charge in [-0.3, -0.25) is 9.98 Å². The Morgan fingerprint density at radius 2 is 1.97 bits per heavy atom. The van der Waals surface area contributed by atoms with Crippen LogP contribution in [0.3, 0.4) is 0 Å². The Morgan fingerprint density at radius 3 is 2.74 bits per heavy atom. The molecule has 170 valence electrons. The van der Waals surface area contributed by atoms with Crippen molar-refractivity contribution in [3.63, 3.8) is 0 Å². The van der Waals surface area contributed by atoms with Gasteiger partial charge in [0.15, 0.2) is 5.96 Å². The molecule has 1 fully saturated rings. The second kappa shape index (κ2) is 15.0. The lowest BCUT2D eigenvalue weighted by Gasteiger charge is -2.22. The molecule has 0 saturated heterocycles. The summed E-state index contributed by atoms with van der Waals surface area (Å²) in [5, 5.41) is 6.72. The van der Waals surface area contributed by atoms with Crippen molar-refractivity contribution in [2.24, 2.45) is 4.99 Å². The SMILES string of the molecule is CN=C(NCCCOC1CCCCC1)NCc1cccc(OCc2ccccn2)c1.I. The first-order valence-corrected chi connectivity index (χ1v) is 11.0. The molecule has 2 N–H and O–H groups in total. The van der Waals surface area contributed by atoms with Crippen LogP contribution in [0.15, 0.2) is 53.7 Å². The Hall–Kier alpha value is -1.87. The second-order valence-corrected chi connectivity index (χ2v) is 7.59. The molecule has 1 aromatic heterocycles. The van der Waals surface area contributed by atoms with E-state index in [9.17, 15) is 0 Å². The number of hydrogen-bond acceptors (Lipinski definition) is 4. The van der Waals surface area contributed by atoms with E-state index in [2.05, 4.69) is 26.7 Å². The predicted molar refractivity (Wildman–Crippen MR) is 136 cm³/mol. The van der Waals surface area contributed by atoms with E-state index in [1.807, 2.05) is 36.4 Å². The summed E-state index contributed by atoms with van der Waals surface area (Å²) in [6.45, 7) is 2.80. The van der Waals surface area contributed by atoms with Crippen molar-refractivity contribution < 1.29 is 9.47 Å². The van der Waals surface area contributed by atoms with Gasteiger partial charge in [-0.15, -0.1) is 24.0 Å². The predicted octanol–water partition coefficient (Wildman–Crippen LogP) is 4.68. The number of guanidine groups is 1. The van der Waals surface area contributed by atoms with Gasteiger partial charge >= 0.3 is 0 Å². The van der Waals surface area contributed by atoms with Gasteiger partial charge in [0.2, 0.25) is 0 Å². The largest absolute Gasteiger partial charge is 0.487 e. The molecule has 1 saturated carbocycles. The summed E-state index contributed by atoms with van der Waals surface area (Å²) in [6.07, 6.45) is 9.67. The molecule has 0 aliphatic heterocycles. The molecular formula is C24H35IN4O2. The average Bonchev–Trinajstić information content (AvgIpc) is 2.81. The van der Waals surface area contributed by atoms with Crippen molar-refractivity contribution in [1.82, 2.24) is 15.6 Å². The molecule has 2 aromatic rings. The van der Waals surface area contributed by atoms with E-state index >= 15 is 0 Å². The summed E-state index contributed by atoms with van der Waals surface area (Å²) >= 11 is 0. The van der Waals surface area contributed by atoms with Gasteiger partial charge in [-0.2, -0.15) is 0 Å². The number of pyridine rings is 1. The van der Waals surface area contributed by atoms with E-state index in [0.717, 1.165) is 42.5 Å². The average molecular weight is 538 g/mol. The van der Waals surface area contributed by atoms with Gasteiger partial charge in [0.25, 0.3) is 0 Å². The molecule has 31 heavy (non-hydrogen) atoms. The molecule has 0 amide bonds. The molecular weight excluding hydrogens is 503 g/mol. The summed E-state index contributed by atoms with van der Waals surface area (Å²) in [5.74, 6) is 1.63. The molecule has 1 aliphatic rings. The number of aromatic nitrogens is 1. The lowest BCUT2D eigenvalue weighted by molar-refractivity contribution is 0.0277. The zero-order valence-electron chi connectivity index (χ0n) is 18.4. The van der Waals surface area contributed by atoms with Gasteiger partial charge in [0, 0.05) is 32.9 Å². The van der Waals surface area contributed by atoms with Gasteiger partial charge in [-0.05, 0) is 49.1 Å². The summed E-state index contributed by atoms with van der Waals surface area (Å²) in [6, 6.07) is 13.9. The number of nitrogens with one attached hydrogen (secondary N) is 2. The summed E-state index contributed by atoms with van der Waals surface area (Å²) < 4.78 is 11.8. The van der Waals surface area contributed by atoms with Gasteiger partial charge in [0.1, 0.15) is 12.4 Å². The van der Waals surface area contributed by atoms with Gasteiger partial charge in [-0.1, -0.05) is 37.5 Å². The van der Waals surface area contributed by atoms with Crippen LogP contribution in [0.2, 0.25) is 0 Å². The number of ether oxygens (including phenoxy) is 2. The Morgan fingerprint density at radius 1 is 1.10 bits per heavy atom. The third kappa shape index (κ3) is 9.86. The van der Waals surface area contributed by atoms with Crippen LogP contribution in [0.25, 0.3) is 0 Å². The molecule has 1 heterocycles. The van der Waals surface area contributed by atoms with Gasteiger partial charge < -0.3 is 20.1 Å². The Bertz CT molecular complexity index is 767. The van der Waals surface area contributed by atoms with E-state index in [-0.39, 0.29) is 24.0 Å². The zero-order valence-corrected chi connectivity index (χ0v) is 20.7. The van der Waals surface area contributed by atoms with E-state index in [1.165, 1.54) is 32.1 Å². The molecule has 1 aromatic carbocycles. The molecule has 0 spiro atoms. The number of rotatable bonds is 10. The molecule has 1 aliphatic carbocycles. The normalized spacial score (nSPS) is 14.5. The molecule has 7 heteroatoms. The highest BCUT2D eigenvalue weighted by molar-refractivity contribution is 14.0.